The van der Waals surface area contributed by atoms with Gasteiger partial charge in [-0.15, -0.1) is 0 Å². The third-order valence-corrected chi connectivity index (χ3v) is 3.23. The van der Waals surface area contributed by atoms with Crippen molar-refractivity contribution in [2.45, 2.75) is 66.7 Å². The summed E-state index contributed by atoms with van der Waals surface area (Å²) < 4.78 is 10.3. The van der Waals surface area contributed by atoms with Crippen molar-refractivity contribution < 1.29 is 19.1 Å². The van der Waals surface area contributed by atoms with Gasteiger partial charge in [-0.25, -0.2) is 0 Å². The van der Waals surface area contributed by atoms with Gasteiger partial charge >= 0.3 is 11.9 Å². The number of carbonyl (C=O) groups is 2. The molecule has 0 aromatic heterocycles. The number of rotatable bonds is 11. The van der Waals surface area contributed by atoms with E-state index in [1.165, 1.54) is 0 Å². The maximum Gasteiger partial charge on any atom is 0.309 e. The number of hydrogen-bond donors (Lipinski definition) is 0. The molecular weight excluding hydrogens is 268 g/mol. The van der Waals surface area contributed by atoms with E-state index in [1.807, 2.05) is 0 Å². The first-order valence-corrected chi connectivity index (χ1v) is 8.15. The molecule has 0 heterocycles. The molecule has 0 aliphatic rings. The number of esters is 2. The Labute approximate surface area is 129 Å². The van der Waals surface area contributed by atoms with E-state index in [-0.39, 0.29) is 18.4 Å². The van der Waals surface area contributed by atoms with Gasteiger partial charge in [-0.05, 0) is 37.5 Å². The Kier molecular flexibility index (Phi) is 11.0. The summed E-state index contributed by atoms with van der Waals surface area (Å²) in [6, 6.07) is 0. The van der Waals surface area contributed by atoms with Crippen LogP contribution in [-0.4, -0.2) is 25.2 Å². The highest BCUT2D eigenvalue weighted by Crippen LogP contribution is 2.09. The van der Waals surface area contributed by atoms with Crippen LogP contribution in [0.2, 0.25) is 0 Å². The Morgan fingerprint density at radius 2 is 1.29 bits per heavy atom. The second-order valence-corrected chi connectivity index (χ2v) is 6.57. The van der Waals surface area contributed by atoms with Crippen molar-refractivity contribution in [1.82, 2.24) is 0 Å². The molecule has 4 nitrogen and oxygen atoms in total. The van der Waals surface area contributed by atoms with E-state index >= 15 is 0 Å². The van der Waals surface area contributed by atoms with E-state index in [1.54, 1.807) is 6.92 Å². The van der Waals surface area contributed by atoms with Gasteiger partial charge in [0.05, 0.1) is 25.6 Å². The van der Waals surface area contributed by atoms with Gasteiger partial charge in [0, 0.05) is 0 Å². The molecular formula is C17H32O4. The molecule has 0 aliphatic heterocycles. The van der Waals surface area contributed by atoms with E-state index in [0.717, 1.165) is 25.7 Å². The predicted molar refractivity (Wildman–Crippen MR) is 83.8 cm³/mol. The van der Waals surface area contributed by atoms with E-state index in [4.69, 9.17) is 9.47 Å². The molecule has 0 fully saturated rings. The summed E-state index contributed by atoms with van der Waals surface area (Å²) in [4.78, 5) is 23.3. The Morgan fingerprint density at radius 1 is 0.810 bits per heavy atom. The van der Waals surface area contributed by atoms with Gasteiger partial charge in [0.15, 0.2) is 0 Å². The van der Waals surface area contributed by atoms with Gasteiger partial charge in [-0.2, -0.15) is 0 Å². The Hall–Kier alpha value is -1.06. The largest absolute Gasteiger partial charge is 0.466 e. The molecule has 0 saturated heterocycles. The zero-order valence-electron chi connectivity index (χ0n) is 14.3. The summed E-state index contributed by atoms with van der Waals surface area (Å²) >= 11 is 0. The standard InChI is InChI=1S/C17H32O4/c1-13(2)8-6-10-20-16(18)12-15(5)17(19)21-11-7-9-14(3)4/h13-15H,6-12H2,1-5H3. The first-order valence-electron chi connectivity index (χ1n) is 8.15. The van der Waals surface area contributed by atoms with Crippen molar-refractivity contribution in [2.75, 3.05) is 13.2 Å². The zero-order chi connectivity index (χ0) is 16.3. The summed E-state index contributed by atoms with van der Waals surface area (Å²) in [5.41, 5.74) is 0. The van der Waals surface area contributed by atoms with Gasteiger partial charge in [-0.1, -0.05) is 34.6 Å². The lowest BCUT2D eigenvalue weighted by atomic mass is 10.1. The number of hydrogen-bond acceptors (Lipinski definition) is 4. The van der Waals surface area contributed by atoms with Crippen molar-refractivity contribution in [3.63, 3.8) is 0 Å². The molecule has 124 valence electrons. The monoisotopic (exact) mass is 300 g/mol. The van der Waals surface area contributed by atoms with Gasteiger partial charge in [0.2, 0.25) is 0 Å². The summed E-state index contributed by atoms with van der Waals surface area (Å²) in [6.07, 6.45) is 3.93. The fourth-order valence-electron chi connectivity index (χ4n) is 1.88. The molecule has 21 heavy (non-hydrogen) atoms. The first kappa shape index (κ1) is 19.9. The third kappa shape index (κ3) is 12.4. The highest BCUT2D eigenvalue weighted by Gasteiger charge is 2.19. The molecule has 0 aromatic rings. The van der Waals surface area contributed by atoms with Crippen LogP contribution in [0.4, 0.5) is 0 Å². The topological polar surface area (TPSA) is 52.6 Å². The first-order chi connectivity index (χ1) is 9.82. The zero-order valence-corrected chi connectivity index (χ0v) is 14.3. The molecule has 0 saturated carbocycles. The summed E-state index contributed by atoms with van der Waals surface area (Å²) in [5, 5.41) is 0. The van der Waals surface area contributed by atoms with Crippen LogP contribution in [0.3, 0.4) is 0 Å². The molecule has 0 spiro atoms. The molecule has 0 amide bonds. The average Bonchev–Trinajstić information content (AvgIpc) is 2.39. The maximum absolute atomic E-state index is 11.7. The van der Waals surface area contributed by atoms with Crippen LogP contribution in [-0.2, 0) is 19.1 Å². The third-order valence-electron chi connectivity index (χ3n) is 3.23. The highest BCUT2D eigenvalue weighted by molar-refractivity contribution is 5.79. The van der Waals surface area contributed by atoms with Crippen LogP contribution in [0, 0.1) is 17.8 Å². The average molecular weight is 300 g/mol. The fraction of sp³-hybridized carbons (Fsp3) is 0.882. The lowest BCUT2D eigenvalue weighted by Crippen LogP contribution is -2.20. The molecule has 0 N–H and O–H groups in total. The SMILES string of the molecule is CC(C)CCCOC(=O)CC(C)C(=O)OCCCC(C)C. The van der Waals surface area contributed by atoms with Crippen LogP contribution in [0.25, 0.3) is 0 Å². The molecule has 1 unspecified atom stereocenters. The number of ether oxygens (including phenoxy) is 2. The Morgan fingerprint density at radius 3 is 1.76 bits per heavy atom. The van der Waals surface area contributed by atoms with Crippen molar-refractivity contribution >= 4 is 11.9 Å². The highest BCUT2D eigenvalue weighted by atomic mass is 16.5. The summed E-state index contributed by atoms with van der Waals surface area (Å²) in [6.45, 7) is 11.1. The second-order valence-electron chi connectivity index (χ2n) is 6.57. The summed E-state index contributed by atoms with van der Waals surface area (Å²) in [5.74, 6) is 0.176. The van der Waals surface area contributed by atoms with E-state index < -0.39 is 5.92 Å². The minimum atomic E-state index is -0.429. The predicted octanol–water partition coefficient (Wildman–Crippen LogP) is 3.97. The summed E-state index contributed by atoms with van der Waals surface area (Å²) in [7, 11) is 0. The maximum atomic E-state index is 11.7. The molecule has 1 atom stereocenters. The van der Waals surface area contributed by atoms with Crippen molar-refractivity contribution in [1.29, 1.82) is 0 Å². The van der Waals surface area contributed by atoms with Crippen molar-refractivity contribution in [3.05, 3.63) is 0 Å². The molecule has 0 rings (SSSR count). The van der Waals surface area contributed by atoms with E-state index in [9.17, 15) is 9.59 Å². The van der Waals surface area contributed by atoms with Crippen molar-refractivity contribution in [2.24, 2.45) is 17.8 Å². The Balaban J connectivity index is 3.72. The lowest BCUT2D eigenvalue weighted by Gasteiger charge is -2.12. The van der Waals surface area contributed by atoms with E-state index in [0.29, 0.717) is 25.0 Å². The molecule has 4 heteroatoms. The van der Waals surface area contributed by atoms with Crippen LogP contribution in [0.15, 0.2) is 0 Å². The number of carbonyl (C=O) groups excluding carboxylic acids is 2. The minimum Gasteiger partial charge on any atom is -0.466 e. The van der Waals surface area contributed by atoms with Gasteiger partial charge in [0.1, 0.15) is 0 Å². The Bertz CT molecular complexity index is 297. The van der Waals surface area contributed by atoms with Gasteiger partial charge < -0.3 is 9.47 Å². The van der Waals surface area contributed by atoms with Crippen LogP contribution in [0.5, 0.6) is 0 Å². The van der Waals surface area contributed by atoms with Gasteiger partial charge in [0.25, 0.3) is 0 Å². The smallest absolute Gasteiger partial charge is 0.309 e. The molecule has 0 aliphatic carbocycles. The molecule has 0 radical (unpaired) electrons. The normalized spacial score (nSPS) is 12.5. The quantitative estimate of drug-likeness (QED) is 0.428. The second kappa shape index (κ2) is 11.6. The van der Waals surface area contributed by atoms with Crippen LogP contribution < -0.4 is 0 Å². The minimum absolute atomic E-state index is 0.102. The van der Waals surface area contributed by atoms with Crippen molar-refractivity contribution in [3.8, 4) is 0 Å². The fourth-order valence-corrected chi connectivity index (χ4v) is 1.88. The van der Waals surface area contributed by atoms with Crippen LogP contribution >= 0.6 is 0 Å². The van der Waals surface area contributed by atoms with E-state index in [2.05, 4.69) is 27.7 Å². The molecule has 0 bridgehead atoms. The molecule has 0 aromatic carbocycles. The van der Waals surface area contributed by atoms with Crippen LogP contribution in [0.1, 0.15) is 66.7 Å². The van der Waals surface area contributed by atoms with Gasteiger partial charge in [-0.3, -0.25) is 9.59 Å². The lowest BCUT2D eigenvalue weighted by molar-refractivity contribution is -0.154.